The van der Waals surface area contributed by atoms with Gasteiger partial charge in [0.05, 0.1) is 34.7 Å². The SMILES string of the molecule is CC(=O)C1=C(O)C(=O)N2c3ccc4[nH]cnc4c3-c3c(F)cc(F)cc3C12. The normalized spacial score (nSPS) is 18.0. The number of halogens is 2. The number of hydrogen-bond donors (Lipinski definition) is 2. The maximum Gasteiger partial charge on any atom is 0.294 e. The molecular weight excluding hydrogens is 356 g/mol. The van der Waals surface area contributed by atoms with E-state index in [1.807, 2.05) is 0 Å². The number of hydrogen-bond acceptors (Lipinski definition) is 4. The quantitative estimate of drug-likeness (QED) is 0.691. The highest BCUT2D eigenvalue weighted by Crippen LogP contribution is 2.53. The van der Waals surface area contributed by atoms with Gasteiger partial charge >= 0.3 is 0 Å². The number of imidazole rings is 1. The molecule has 0 saturated heterocycles. The third-order valence-corrected chi connectivity index (χ3v) is 5.05. The molecule has 0 aliphatic carbocycles. The molecule has 2 aromatic carbocycles. The fraction of sp³-hybridized carbons (Fsp3) is 0.105. The van der Waals surface area contributed by atoms with Crippen molar-refractivity contribution in [1.29, 1.82) is 0 Å². The Hall–Kier alpha value is -3.55. The summed E-state index contributed by atoms with van der Waals surface area (Å²) in [5, 5.41) is 10.3. The second kappa shape index (κ2) is 5.00. The van der Waals surface area contributed by atoms with Crippen molar-refractivity contribution in [2.45, 2.75) is 13.0 Å². The minimum Gasteiger partial charge on any atom is -0.503 e. The minimum atomic E-state index is -1.10. The molecule has 1 atom stereocenters. The van der Waals surface area contributed by atoms with E-state index in [-0.39, 0.29) is 16.7 Å². The number of benzene rings is 2. The van der Waals surface area contributed by atoms with E-state index in [1.54, 1.807) is 12.1 Å². The molecule has 0 saturated carbocycles. The standard InChI is InChI=1S/C19H11F2N3O3/c1-7(25)13-17-9-4-8(20)5-10(21)14(9)15-12(24(17)19(27)18(13)26)3-2-11-16(15)23-6-22-11/h2-6,17,26H,1H3,(H,22,23). The van der Waals surface area contributed by atoms with Crippen molar-refractivity contribution in [3.63, 3.8) is 0 Å². The van der Waals surface area contributed by atoms with Gasteiger partial charge in [0.15, 0.2) is 11.5 Å². The van der Waals surface area contributed by atoms with Gasteiger partial charge in [0.25, 0.3) is 5.91 Å². The van der Waals surface area contributed by atoms with Crippen molar-refractivity contribution in [1.82, 2.24) is 9.97 Å². The van der Waals surface area contributed by atoms with Crippen LogP contribution in [0.4, 0.5) is 14.5 Å². The highest BCUT2D eigenvalue weighted by atomic mass is 19.1. The second-order valence-electron chi connectivity index (χ2n) is 6.51. The Bertz CT molecular complexity index is 1230. The van der Waals surface area contributed by atoms with Crippen LogP contribution in [0.2, 0.25) is 0 Å². The van der Waals surface area contributed by atoms with Gasteiger partial charge in [0, 0.05) is 17.2 Å². The van der Waals surface area contributed by atoms with Gasteiger partial charge in [-0.05, 0) is 30.7 Å². The van der Waals surface area contributed by atoms with E-state index in [9.17, 15) is 23.5 Å². The summed E-state index contributed by atoms with van der Waals surface area (Å²) in [7, 11) is 0. The number of anilines is 1. The second-order valence-corrected chi connectivity index (χ2v) is 6.51. The predicted molar refractivity (Wildman–Crippen MR) is 92.0 cm³/mol. The largest absolute Gasteiger partial charge is 0.503 e. The molecule has 2 N–H and O–H groups in total. The molecule has 3 aromatic rings. The number of fused-ring (bicyclic) bond motifs is 8. The molecule has 0 spiro atoms. The monoisotopic (exact) mass is 367 g/mol. The number of H-pyrrole nitrogens is 1. The molecule has 2 aliphatic heterocycles. The van der Waals surface area contributed by atoms with Crippen molar-refractivity contribution in [3.05, 3.63) is 59.1 Å². The lowest BCUT2D eigenvalue weighted by atomic mass is 9.84. The summed E-state index contributed by atoms with van der Waals surface area (Å²) in [6.07, 6.45) is 1.43. The first-order valence-electron chi connectivity index (χ1n) is 8.13. The Labute approximate surface area is 150 Å². The fourth-order valence-corrected chi connectivity index (χ4v) is 4.03. The number of ketones is 1. The third kappa shape index (κ3) is 1.84. The van der Waals surface area contributed by atoms with Crippen molar-refractivity contribution in [2.24, 2.45) is 0 Å². The van der Waals surface area contributed by atoms with Gasteiger partial charge in [0.2, 0.25) is 0 Å². The number of carbonyl (C=O) groups excluding carboxylic acids is 2. The Morgan fingerprint density at radius 2 is 2.04 bits per heavy atom. The fourth-order valence-electron chi connectivity index (χ4n) is 4.03. The first-order chi connectivity index (χ1) is 12.9. The van der Waals surface area contributed by atoms with Crippen LogP contribution in [0.25, 0.3) is 22.2 Å². The Balaban J connectivity index is 1.96. The summed E-state index contributed by atoms with van der Waals surface area (Å²) in [6, 6.07) is 3.99. The molecule has 0 bridgehead atoms. The number of nitrogens with one attached hydrogen (secondary N) is 1. The first-order valence-corrected chi connectivity index (χ1v) is 8.13. The zero-order valence-electron chi connectivity index (χ0n) is 13.9. The van der Waals surface area contributed by atoms with E-state index < -0.39 is 35.1 Å². The molecule has 1 amide bonds. The maximum absolute atomic E-state index is 14.9. The van der Waals surface area contributed by atoms with Crippen LogP contribution in [-0.2, 0) is 9.59 Å². The molecule has 1 aromatic heterocycles. The number of aromatic nitrogens is 2. The number of aliphatic hydroxyl groups excluding tert-OH is 1. The number of Topliss-reactive ketones (excluding diaryl/α,β-unsaturated/α-hetero) is 1. The lowest BCUT2D eigenvalue weighted by Gasteiger charge is -2.35. The van der Waals surface area contributed by atoms with Crippen LogP contribution in [-0.4, -0.2) is 26.8 Å². The van der Waals surface area contributed by atoms with Gasteiger partial charge in [0.1, 0.15) is 11.6 Å². The van der Waals surface area contributed by atoms with Crippen LogP contribution in [0.15, 0.2) is 41.9 Å². The molecule has 5 rings (SSSR count). The summed E-state index contributed by atoms with van der Waals surface area (Å²) < 4.78 is 28.9. The van der Waals surface area contributed by atoms with E-state index in [0.717, 1.165) is 12.1 Å². The van der Waals surface area contributed by atoms with Crippen LogP contribution >= 0.6 is 0 Å². The highest BCUT2D eigenvalue weighted by molar-refractivity contribution is 6.20. The summed E-state index contributed by atoms with van der Waals surface area (Å²) in [5.74, 6) is -3.73. The molecule has 6 nitrogen and oxygen atoms in total. The van der Waals surface area contributed by atoms with Crippen molar-refractivity contribution < 1.29 is 23.5 Å². The van der Waals surface area contributed by atoms with Crippen LogP contribution < -0.4 is 4.90 Å². The smallest absolute Gasteiger partial charge is 0.294 e. The zero-order chi connectivity index (χ0) is 19.0. The van der Waals surface area contributed by atoms with Crippen LogP contribution in [0.1, 0.15) is 18.5 Å². The Morgan fingerprint density at radius 1 is 1.26 bits per heavy atom. The number of nitrogens with zero attached hydrogens (tertiary/aromatic N) is 2. The molecule has 0 radical (unpaired) electrons. The number of carbonyl (C=O) groups is 2. The molecule has 3 heterocycles. The molecule has 1 unspecified atom stereocenters. The van der Waals surface area contributed by atoms with Gasteiger partial charge in [-0.2, -0.15) is 0 Å². The minimum absolute atomic E-state index is 0.0617. The molecule has 27 heavy (non-hydrogen) atoms. The van der Waals surface area contributed by atoms with Crippen LogP contribution in [0.3, 0.4) is 0 Å². The van der Waals surface area contributed by atoms with Crippen molar-refractivity contribution in [3.8, 4) is 11.1 Å². The summed E-state index contributed by atoms with van der Waals surface area (Å²) in [6.45, 7) is 1.20. The summed E-state index contributed by atoms with van der Waals surface area (Å²) >= 11 is 0. The van der Waals surface area contributed by atoms with Crippen LogP contribution in [0.5, 0.6) is 0 Å². The maximum atomic E-state index is 14.9. The average Bonchev–Trinajstić information content (AvgIpc) is 3.18. The average molecular weight is 367 g/mol. The Kier molecular flexibility index (Phi) is 2.90. The van der Waals surface area contributed by atoms with E-state index in [4.69, 9.17) is 0 Å². The lowest BCUT2D eigenvalue weighted by molar-refractivity contribution is -0.117. The van der Waals surface area contributed by atoms with Crippen LogP contribution in [0, 0.1) is 11.6 Å². The van der Waals surface area contributed by atoms with Crippen molar-refractivity contribution >= 4 is 28.4 Å². The van der Waals surface area contributed by atoms with E-state index in [2.05, 4.69) is 9.97 Å². The third-order valence-electron chi connectivity index (χ3n) is 5.05. The predicted octanol–water partition coefficient (Wildman–Crippen LogP) is 3.31. The van der Waals surface area contributed by atoms with Gasteiger partial charge in [-0.3, -0.25) is 14.5 Å². The molecule has 0 fully saturated rings. The molecule has 8 heteroatoms. The Morgan fingerprint density at radius 3 is 2.78 bits per heavy atom. The van der Waals surface area contributed by atoms with E-state index in [1.165, 1.54) is 18.2 Å². The van der Waals surface area contributed by atoms with E-state index >= 15 is 0 Å². The van der Waals surface area contributed by atoms with Gasteiger partial charge in [-0.15, -0.1) is 0 Å². The van der Waals surface area contributed by atoms with Gasteiger partial charge < -0.3 is 10.1 Å². The van der Waals surface area contributed by atoms with Crippen molar-refractivity contribution in [2.75, 3.05) is 4.90 Å². The van der Waals surface area contributed by atoms with Gasteiger partial charge in [-0.25, -0.2) is 13.8 Å². The summed E-state index contributed by atoms with van der Waals surface area (Å²) in [4.78, 5) is 33.2. The zero-order valence-corrected chi connectivity index (χ0v) is 13.9. The molecular formula is C19H11F2N3O3. The first kappa shape index (κ1) is 15.7. The number of rotatable bonds is 1. The number of amides is 1. The number of aliphatic hydroxyl groups is 1. The molecule has 134 valence electrons. The van der Waals surface area contributed by atoms with Gasteiger partial charge in [-0.1, -0.05) is 0 Å². The molecule has 2 aliphatic rings. The topological polar surface area (TPSA) is 86.3 Å². The van der Waals surface area contributed by atoms with E-state index in [0.29, 0.717) is 22.3 Å². The summed E-state index contributed by atoms with van der Waals surface area (Å²) in [5.41, 5.74) is 1.59. The number of aromatic amines is 1. The lowest BCUT2D eigenvalue weighted by Crippen LogP contribution is -2.34. The highest BCUT2D eigenvalue weighted by Gasteiger charge is 2.48.